The molecule has 98 valence electrons. The Morgan fingerprint density at radius 1 is 1.32 bits per heavy atom. The van der Waals surface area contributed by atoms with Crippen LogP contribution in [-0.2, 0) is 15.3 Å². The molecule has 0 aliphatic carbocycles. The molecule has 1 unspecified atom stereocenters. The van der Waals surface area contributed by atoms with Crippen LogP contribution in [0.5, 0.6) is 0 Å². The minimum absolute atomic E-state index is 0.270. The third kappa shape index (κ3) is 2.01. The average Bonchev–Trinajstić information content (AvgIpc) is 2.69. The minimum Gasteiger partial charge on any atom is -0.366 e. The molecule has 1 fully saturated rings. The van der Waals surface area contributed by atoms with Gasteiger partial charge in [-0.15, -0.1) is 0 Å². The molecule has 0 aromatic heterocycles. The number of carbonyl (C=O) groups excluding carboxylic acids is 2. The first-order chi connectivity index (χ1) is 9.00. The van der Waals surface area contributed by atoms with E-state index in [0.717, 1.165) is 4.47 Å². The molecule has 5 nitrogen and oxygen atoms in total. The van der Waals surface area contributed by atoms with E-state index in [4.69, 9.17) is 0 Å². The zero-order valence-corrected chi connectivity index (χ0v) is 12.1. The van der Waals surface area contributed by atoms with Crippen LogP contribution in [0.15, 0.2) is 33.7 Å². The Balaban J connectivity index is 2.06. The normalized spacial score (nSPS) is 26.4. The summed E-state index contributed by atoms with van der Waals surface area (Å²) in [6, 6.07) is 7.09. The molecule has 1 atom stereocenters. The lowest BCUT2D eigenvalue weighted by molar-refractivity contribution is -0.147. The van der Waals surface area contributed by atoms with Crippen LogP contribution >= 0.6 is 27.7 Å². The maximum atomic E-state index is 12.0. The zero-order valence-electron chi connectivity index (χ0n) is 9.67. The second-order valence-corrected chi connectivity index (χ2v) is 6.16. The van der Waals surface area contributed by atoms with E-state index in [2.05, 4.69) is 20.9 Å². The Morgan fingerprint density at radius 3 is 2.68 bits per heavy atom. The van der Waals surface area contributed by atoms with E-state index in [1.165, 1.54) is 16.7 Å². The zero-order chi connectivity index (χ0) is 13.6. The number of fused-ring (bicyclic) bond motifs is 1. The largest absolute Gasteiger partial charge is 0.366 e. The first-order valence-electron chi connectivity index (χ1n) is 5.56. The number of halogens is 1. The number of hydrogen-bond donors (Lipinski definition) is 1. The molecule has 0 saturated carbocycles. The number of rotatable bonds is 1. The van der Waals surface area contributed by atoms with Gasteiger partial charge in [-0.3, -0.25) is 14.5 Å². The number of amidine groups is 1. The van der Waals surface area contributed by atoms with Gasteiger partial charge >= 0.3 is 0 Å². The van der Waals surface area contributed by atoms with E-state index >= 15 is 0 Å². The highest BCUT2D eigenvalue weighted by atomic mass is 79.9. The third-order valence-electron chi connectivity index (χ3n) is 3.04. The van der Waals surface area contributed by atoms with Crippen LogP contribution in [0.1, 0.15) is 12.0 Å². The van der Waals surface area contributed by atoms with Crippen molar-refractivity contribution in [3.63, 3.8) is 0 Å². The lowest BCUT2D eigenvalue weighted by Crippen LogP contribution is -2.50. The topological polar surface area (TPSA) is 70.0 Å². The van der Waals surface area contributed by atoms with E-state index in [1.54, 1.807) is 24.3 Å². The lowest BCUT2D eigenvalue weighted by Gasteiger charge is -2.33. The Bertz CT molecular complexity index is 601. The fourth-order valence-corrected chi connectivity index (χ4v) is 3.57. The van der Waals surface area contributed by atoms with Crippen molar-refractivity contribution in [2.75, 3.05) is 5.75 Å². The summed E-state index contributed by atoms with van der Waals surface area (Å²) in [4.78, 5) is 28.3. The van der Waals surface area contributed by atoms with Gasteiger partial charge in [-0.25, -0.2) is 0 Å². The number of amides is 2. The SMILES string of the molecule is O=C1CC(=O)N2C(=N1)SCC2(O)c1ccc(Br)cc1. The van der Waals surface area contributed by atoms with Gasteiger partial charge in [0.15, 0.2) is 10.9 Å². The number of benzene rings is 1. The molecule has 0 radical (unpaired) electrons. The molecule has 1 saturated heterocycles. The van der Waals surface area contributed by atoms with Crippen molar-refractivity contribution in [1.82, 2.24) is 4.90 Å². The summed E-state index contributed by atoms with van der Waals surface area (Å²) in [7, 11) is 0. The lowest BCUT2D eigenvalue weighted by atomic mass is 10.0. The monoisotopic (exact) mass is 340 g/mol. The quantitative estimate of drug-likeness (QED) is 0.785. The van der Waals surface area contributed by atoms with E-state index in [9.17, 15) is 14.7 Å². The molecule has 7 heteroatoms. The summed E-state index contributed by atoms with van der Waals surface area (Å²) in [5.41, 5.74) is -0.821. The summed E-state index contributed by atoms with van der Waals surface area (Å²) >= 11 is 4.54. The number of aliphatic hydroxyl groups is 1. The van der Waals surface area contributed by atoms with Crippen molar-refractivity contribution in [3.05, 3.63) is 34.3 Å². The van der Waals surface area contributed by atoms with Gasteiger partial charge in [0.05, 0.1) is 5.75 Å². The highest BCUT2D eigenvalue weighted by molar-refractivity contribution is 9.10. The van der Waals surface area contributed by atoms with Crippen molar-refractivity contribution in [3.8, 4) is 0 Å². The Labute approximate surface area is 121 Å². The molecular formula is C12H9BrN2O3S. The van der Waals surface area contributed by atoms with Gasteiger partial charge in [0.25, 0.3) is 5.91 Å². The van der Waals surface area contributed by atoms with E-state index in [1.807, 2.05) is 0 Å². The van der Waals surface area contributed by atoms with Crippen LogP contribution in [0.25, 0.3) is 0 Å². The van der Waals surface area contributed by atoms with Gasteiger partial charge < -0.3 is 5.11 Å². The molecule has 0 bridgehead atoms. The molecule has 2 aliphatic rings. The number of thioether (sulfide) groups is 1. The second kappa shape index (κ2) is 4.43. The van der Waals surface area contributed by atoms with Crippen molar-refractivity contribution in [2.45, 2.75) is 12.1 Å². The number of carbonyl (C=O) groups is 2. The smallest absolute Gasteiger partial charge is 0.257 e. The van der Waals surface area contributed by atoms with Crippen LogP contribution in [-0.4, -0.2) is 32.7 Å². The van der Waals surface area contributed by atoms with Crippen molar-refractivity contribution in [1.29, 1.82) is 0 Å². The van der Waals surface area contributed by atoms with Crippen LogP contribution in [0.4, 0.5) is 0 Å². The molecule has 2 aliphatic heterocycles. The highest BCUT2D eigenvalue weighted by Crippen LogP contribution is 2.41. The van der Waals surface area contributed by atoms with Gasteiger partial charge in [0.1, 0.15) is 6.42 Å². The van der Waals surface area contributed by atoms with Gasteiger partial charge in [0.2, 0.25) is 5.91 Å². The maximum Gasteiger partial charge on any atom is 0.257 e. The number of nitrogens with zero attached hydrogens (tertiary/aromatic N) is 2. The van der Waals surface area contributed by atoms with Crippen LogP contribution in [0.2, 0.25) is 0 Å². The van der Waals surface area contributed by atoms with E-state index < -0.39 is 17.5 Å². The fourth-order valence-electron chi connectivity index (χ4n) is 2.13. The van der Waals surface area contributed by atoms with Gasteiger partial charge in [-0.05, 0) is 12.1 Å². The van der Waals surface area contributed by atoms with Crippen LogP contribution in [0.3, 0.4) is 0 Å². The van der Waals surface area contributed by atoms with Crippen molar-refractivity contribution < 1.29 is 14.7 Å². The van der Waals surface area contributed by atoms with E-state index in [-0.39, 0.29) is 17.3 Å². The predicted octanol–water partition coefficient (Wildman–Crippen LogP) is 1.46. The Kier molecular flexibility index (Phi) is 2.99. The highest BCUT2D eigenvalue weighted by Gasteiger charge is 2.50. The molecule has 0 spiro atoms. The van der Waals surface area contributed by atoms with Gasteiger partial charge in [-0.1, -0.05) is 39.8 Å². The third-order valence-corrected chi connectivity index (χ3v) is 4.65. The average molecular weight is 341 g/mol. The Morgan fingerprint density at radius 2 is 2.00 bits per heavy atom. The summed E-state index contributed by atoms with van der Waals surface area (Å²) < 4.78 is 0.888. The summed E-state index contributed by atoms with van der Waals surface area (Å²) in [6.45, 7) is 0. The molecule has 1 aromatic carbocycles. The molecule has 1 N–H and O–H groups in total. The van der Waals surface area contributed by atoms with Crippen LogP contribution in [0, 0.1) is 0 Å². The van der Waals surface area contributed by atoms with E-state index in [0.29, 0.717) is 5.56 Å². The van der Waals surface area contributed by atoms with Gasteiger partial charge in [-0.2, -0.15) is 4.99 Å². The number of aliphatic imine (C=N–C) groups is 1. The van der Waals surface area contributed by atoms with Crippen LogP contribution < -0.4 is 0 Å². The molecular weight excluding hydrogens is 332 g/mol. The summed E-state index contributed by atoms with van der Waals surface area (Å²) in [5.74, 6) is -0.596. The van der Waals surface area contributed by atoms with Gasteiger partial charge in [0, 0.05) is 10.0 Å². The first kappa shape index (κ1) is 12.8. The first-order valence-corrected chi connectivity index (χ1v) is 7.34. The molecule has 19 heavy (non-hydrogen) atoms. The maximum absolute atomic E-state index is 12.0. The Hall–Kier alpha value is -1.18. The fraction of sp³-hybridized carbons (Fsp3) is 0.250. The van der Waals surface area contributed by atoms with Crippen molar-refractivity contribution in [2.24, 2.45) is 4.99 Å². The number of hydrogen-bond acceptors (Lipinski definition) is 4. The molecule has 1 aromatic rings. The molecule has 3 rings (SSSR count). The van der Waals surface area contributed by atoms with Crippen molar-refractivity contribution >= 4 is 44.7 Å². The molecule has 2 heterocycles. The standard InChI is InChI=1S/C12H9BrN2O3S/c13-8-3-1-7(2-4-8)12(18)6-19-11-14-9(16)5-10(17)15(11)12/h1-4,18H,5-6H2. The summed E-state index contributed by atoms with van der Waals surface area (Å²) in [5, 5.41) is 11.1. The molecule has 2 amide bonds. The minimum atomic E-state index is -1.43. The predicted molar refractivity (Wildman–Crippen MR) is 74.4 cm³/mol. The second-order valence-electron chi connectivity index (χ2n) is 4.31. The summed E-state index contributed by atoms with van der Waals surface area (Å²) in [6.07, 6.45) is -0.289.